The molecule has 0 unspecified atom stereocenters. The third-order valence-corrected chi connectivity index (χ3v) is 3.22. The van der Waals surface area contributed by atoms with Crippen LogP contribution in [-0.4, -0.2) is 17.0 Å². The van der Waals surface area contributed by atoms with Gasteiger partial charge in [0.1, 0.15) is 12.1 Å². The van der Waals surface area contributed by atoms with Crippen molar-refractivity contribution < 1.29 is 0 Å². The van der Waals surface area contributed by atoms with Crippen molar-refractivity contribution in [1.82, 2.24) is 9.97 Å². The van der Waals surface area contributed by atoms with Gasteiger partial charge in [0.15, 0.2) is 0 Å². The molecule has 0 spiro atoms. The first-order valence-electron chi connectivity index (χ1n) is 5.76. The minimum absolute atomic E-state index is 0.490. The van der Waals surface area contributed by atoms with Crippen LogP contribution in [0.4, 0.5) is 5.82 Å². The third kappa shape index (κ3) is 1.83. The normalized spacial score (nSPS) is 16.5. The number of nitrogens with one attached hydrogen (secondary N) is 1. The Balaban J connectivity index is 2.42. The summed E-state index contributed by atoms with van der Waals surface area (Å²) in [5.41, 5.74) is 2.58. The van der Waals surface area contributed by atoms with Gasteiger partial charge in [0.2, 0.25) is 0 Å². The SMILES string of the molecule is CNc1ncnc(C2CCC2)c1C(C)C. The van der Waals surface area contributed by atoms with Gasteiger partial charge in [-0.2, -0.15) is 0 Å². The summed E-state index contributed by atoms with van der Waals surface area (Å²) in [6, 6.07) is 0. The fraction of sp³-hybridized carbons (Fsp3) is 0.667. The van der Waals surface area contributed by atoms with Gasteiger partial charge in [0.05, 0.1) is 5.69 Å². The minimum atomic E-state index is 0.490. The molecule has 0 aliphatic heterocycles. The number of hydrogen-bond acceptors (Lipinski definition) is 3. The summed E-state index contributed by atoms with van der Waals surface area (Å²) in [5.74, 6) is 2.17. The zero-order valence-corrected chi connectivity index (χ0v) is 9.75. The van der Waals surface area contributed by atoms with Gasteiger partial charge in [-0.05, 0) is 18.8 Å². The molecule has 15 heavy (non-hydrogen) atoms. The summed E-state index contributed by atoms with van der Waals surface area (Å²) >= 11 is 0. The summed E-state index contributed by atoms with van der Waals surface area (Å²) in [4.78, 5) is 8.78. The van der Waals surface area contributed by atoms with Crippen LogP contribution < -0.4 is 5.32 Å². The van der Waals surface area contributed by atoms with Gasteiger partial charge in [-0.3, -0.25) is 0 Å². The maximum absolute atomic E-state index is 4.48. The Bertz CT molecular complexity index is 343. The first kappa shape index (κ1) is 10.4. The lowest BCUT2D eigenvalue weighted by Crippen LogP contribution is -2.16. The minimum Gasteiger partial charge on any atom is -0.373 e. The van der Waals surface area contributed by atoms with E-state index in [0.717, 1.165) is 5.82 Å². The monoisotopic (exact) mass is 205 g/mol. The van der Waals surface area contributed by atoms with Gasteiger partial charge in [-0.1, -0.05) is 20.3 Å². The molecule has 0 radical (unpaired) electrons. The highest BCUT2D eigenvalue weighted by Gasteiger charge is 2.26. The number of aromatic nitrogens is 2. The van der Waals surface area contributed by atoms with Crippen molar-refractivity contribution in [2.45, 2.75) is 44.9 Å². The first-order chi connectivity index (χ1) is 7.24. The number of nitrogens with zero attached hydrogens (tertiary/aromatic N) is 2. The lowest BCUT2D eigenvalue weighted by molar-refractivity contribution is 0.406. The highest BCUT2D eigenvalue weighted by Crippen LogP contribution is 2.40. The zero-order chi connectivity index (χ0) is 10.8. The standard InChI is InChI=1S/C12H19N3/c1-8(2)10-11(9-5-4-6-9)14-7-15-12(10)13-3/h7-9H,4-6H2,1-3H3,(H,13,14,15). The largest absolute Gasteiger partial charge is 0.373 e. The van der Waals surface area contributed by atoms with Gasteiger partial charge in [0, 0.05) is 18.5 Å². The predicted octanol–water partition coefficient (Wildman–Crippen LogP) is 2.91. The van der Waals surface area contributed by atoms with Crippen LogP contribution in [0.1, 0.15) is 56.2 Å². The van der Waals surface area contributed by atoms with Gasteiger partial charge >= 0.3 is 0 Å². The molecule has 1 heterocycles. The lowest BCUT2D eigenvalue weighted by atomic mass is 9.79. The fourth-order valence-corrected chi connectivity index (χ4v) is 2.18. The van der Waals surface area contributed by atoms with Crippen molar-refractivity contribution in [3.63, 3.8) is 0 Å². The van der Waals surface area contributed by atoms with E-state index in [4.69, 9.17) is 0 Å². The Morgan fingerprint density at radius 1 is 1.33 bits per heavy atom. The molecule has 3 heteroatoms. The molecule has 0 atom stereocenters. The van der Waals surface area contributed by atoms with Crippen LogP contribution in [-0.2, 0) is 0 Å². The molecule has 0 saturated heterocycles. The van der Waals surface area contributed by atoms with E-state index in [1.54, 1.807) is 6.33 Å². The van der Waals surface area contributed by atoms with E-state index >= 15 is 0 Å². The predicted molar refractivity (Wildman–Crippen MR) is 62.3 cm³/mol. The summed E-state index contributed by atoms with van der Waals surface area (Å²) < 4.78 is 0. The summed E-state index contributed by atoms with van der Waals surface area (Å²) in [5, 5.41) is 3.17. The molecule has 1 aromatic heterocycles. The van der Waals surface area contributed by atoms with Crippen molar-refractivity contribution in [1.29, 1.82) is 0 Å². The molecule has 82 valence electrons. The summed E-state index contributed by atoms with van der Waals surface area (Å²) in [6.45, 7) is 4.42. The third-order valence-electron chi connectivity index (χ3n) is 3.22. The van der Waals surface area contributed by atoms with E-state index < -0.39 is 0 Å². The Morgan fingerprint density at radius 3 is 2.53 bits per heavy atom. The van der Waals surface area contributed by atoms with Crippen LogP contribution in [0.25, 0.3) is 0 Å². The molecule has 1 N–H and O–H groups in total. The summed E-state index contributed by atoms with van der Waals surface area (Å²) in [6.07, 6.45) is 5.62. The Morgan fingerprint density at radius 2 is 2.07 bits per heavy atom. The molecule has 2 rings (SSSR count). The van der Waals surface area contributed by atoms with Crippen LogP contribution in [0.5, 0.6) is 0 Å². The van der Waals surface area contributed by atoms with Gasteiger partial charge in [-0.25, -0.2) is 9.97 Å². The molecule has 0 aromatic carbocycles. The lowest BCUT2D eigenvalue weighted by Gasteiger charge is -2.28. The molecule has 0 amide bonds. The molecule has 0 bridgehead atoms. The van der Waals surface area contributed by atoms with Crippen molar-refractivity contribution >= 4 is 5.82 Å². The Labute approximate surface area is 91.3 Å². The molecular formula is C12H19N3. The van der Waals surface area contributed by atoms with Crippen LogP contribution in [0.2, 0.25) is 0 Å². The average molecular weight is 205 g/mol. The number of rotatable bonds is 3. The Hall–Kier alpha value is -1.12. The molecule has 3 nitrogen and oxygen atoms in total. The number of hydrogen-bond donors (Lipinski definition) is 1. The van der Waals surface area contributed by atoms with Gasteiger partial charge in [0.25, 0.3) is 0 Å². The quantitative estimate of drug-likeness (QED) is 0.824. The van der Waals surface area contributed by atoms with Gasteiger partial charge in [-0.15, -0.1) is 0 Å². The van der Waals surface area contributed by atoms with Crippen LogP contribution in [0, 0.1) is 0 Å². The molecule has 1 aliphatic carbocycles. The van der Waals surface area contributed by atoms with E-state index in [2.05, 4.69) is 29.1 Å². The maximum Gasteiger partial charge on any atom is 0.132 e. The highest BCUT2D eigenvalue weighted by atomic mass is 15.0. The summed E-state index contributed by atoms with van der Waals surface area (Å²) in [7, 11) is 1.93. The molecule has 1 aliphatic rings. The second kappa shape index (κ2) is 4.17. The topological polar surface area (TPSA) is 37.8 Å². The average Bonchev–Trinajstić information content (AvgIpc) is 2.14. The highest BCUT2D eigenvalue weighted by molar-refractivity contribution is 5.48. The van der Waals surface area contributed by atoms with Crippen molar-refractivity contribution in [3.8, 4) is 0 Å². The van der Waals surface area contributed by atoms with Crippen LogP contribution in [0.15, 0.2) is 6.33 Å². The second-order valence-electron chi connectivity index (χ2n) is 4.55. The Kier molecular flexibility index (Phi) is 2.89. The fourth-order valence-electron chi connectivity index (χ4n) is 2.18. The van der Waals surface area contributed by atoms with Crippen molar-refractivity contribution in [3.05, 3.63) is 17.6 Å². The van der Waals surface area contributed by atoms with E-state index in [0.29, 0.717) is 11.8 Å². The van der Waals surface area contributed by atoms with Gasteiger partial charge < -0.3 is 5.32 Å². The molecular weight excluding hydrogens is 186 g/mol. The second-order valence-corrected chi connectivity index (χ2v) is 4.55. The molecule has 1 fully saturated rings. The van der Waals surface area contributed by atoms with E-state index in [1.165, 1.54) is 30.5 Å². The van der Waals surface area contributed by atoms with Crippen molar-refractivity contribution in [2.24, 2.45) is 0 Å². The van der Waals surface area contributed by atoms with Crippen LogP contribution in [0.3, 0.4) is 0 Å². The molecule has 1 saturated carbocycles. The first-order valence-corrected chi connectivity index (χ1v) is 5.76. The van der Waals surface area contributed by atoms with E-state index in [-0.39, 0.29) is 0 Å². The van der Waals surface area contributed by atoms with E-state index in [1.807, 2.05) is 7.05 Å². The van der Waals surface area contributed by atoms with Crippen LogP contribution >= 0.6 is 0 Å². The number of anilines is 1. The molecule has 1 aromatic rings. The zero-order valence-electron chi connectivity index (χ0n) is 9.75. The smallest absolute Gasteiger partial charge is 0.132 e. The van der Waals surface area contributed by atoms with Crippen molar-refractivity contribution in [2.75, 3.05) is 12.4 Å². The van der Waals surface area contributed by atoms with E-state index in [9.17, 15) is 0 Å². The maximum atomic E-state index is 4.48.